The van der Waals surface area contributed by atoms with Crippen LogP contribution >= 0.6 is 0 Å². The largest absolute Gasteiger partial charge is 0.480 e. The van der Waals surface area contributed by atoms with Crippen LogP contribution in [0.15, 0.2) is 18.3 Å². The molecule has 1 atom stereocenters. The molecule has 1 aliphatic rings. The maximum Gasteiger partial charge on any atom is 0.326 e. The molecule has 120 valence electrons. The molecule has 22 heavy (non-hydrogen) atoms. The van der Waals surface area contributed by atoms with Crippen molar-refractivity contribution in [3.63, 3.8) is 0 Å². The number of carboxylic acid groups (broad SMARTS) is 1. The predicted molar refractivity (Wildman–Crippen MR) is 84.1 cm³/mol. The van der Waals surface area contributed by atoms with E-state index in [1.807, 2.05) is 6.92 Å². The molecule has 0 radical (unpaired) electrons. The van der Waals surface area contributed by atoms with Crippen LogP contribution in [0.5, 0.6) is 0 Å². The van der Waals surface area contributed by atoms with E-state index in [1.165, 1.54) is 6.42 Å². The molecule has 0 aliphatic carbocycles. The maximum atomic E-state index is 12.5. The van der Waals surface area contributed by atoms with Crippen molar-refractivity contribution >= 4 is 17.7 Å². The zero-order valence-corrected chi connectivity index (χ0v) is 12.9. The summed E-state index contributed by atoms with van der Waals surface area (Å²) in [6.45, 7) is 3.66. The molecule has 1 aliphatic heterocycles. The molecule has 6 heteroatoms. The van der Waals surface area contributed by atoms with Crippen molar-refractivity contribution in [2.75, 3.05) is 18.0 Å². The Hall–Kier alpha value is -2.11. The first-order valence-electron chi connectivity index (χ1n) is 7.87. The van der Waals surface area contributed by atoms with E-state index >= 15 is 0 Å². The number of rotatable bonds is 6. The zero-order chi connectivity index (χ0) is 15.9. The van der Waals surface area contributed by atoms with Crippen LogP contribution in [0.1, 0.15) is 49.4 Å². The lowest BCUT2D eigenvalue weighted by atomic mass is 10.1. The predicted octanol–water partition coefficient (Wildman–Crippen LogP) is 2.05. The van der Waals surface area contributed by atoms with Gasteiger partial charge < -0.3 is 15.3 Å². The van der Waals surface area contributed by atoms with Crippen LogP contribution in [0.3, 0.4) is 0 Å². The van der Waals surface area contributed by atoms with Gasteiger partial charge in [-0.05, 0) is 37.8 Å². The molecule has 2 heterocycles. The van der Waals surface area contributed by atoms with Gasteiger partial charge in [-0.25, -0.2) is 9.78 Å². The molecule has 6 nitrogen and oxygen atoms in total. The van der Waals surface area contributed by atoms with Crippen molar-refractivity contribution in [3.05, 3.63) is 23.9 Å². The molecule has 0 spiro atoms. The van der Waals surface area contributed by atoms with Crippen LogP contribution < -0.4 is 10.2 Å². The zero-order valence-electron chi connectivity index (χ0n) is 12.9. The number of amides is 1. The normalized spacial score (nSPS) is 16.1. The van der Waals surface area contributed by atoms with E-state index in [2.05, 4.69) is 15.2 Å². The molecule has 1 saturated heterocycles. The molecule has 0 bridgehead atoms. The van der Waals surface area contributed by atoms with Gasteiger partial charge in [0.15, 0.2) is 0 Å². The summed E-state index contributed by atoms with van der Waals surface area (Å²) < 4.78 is 0. The van der Waals surface area contributed by atoms with Crippen molar-refractivity contribution in [3.8, 4) is 0 Å². The van der Waals surface area contributed by atoms with Gasteiger partial charge in [-0.1, -0.05) is 13.3 Å². The van der Waals surface area contributed by atoms with Gasteiger partial charge in [-0.2, -0.15) is 0 Å². The third-order valence-corrected chi connectivity index (χ3v) is 3.87. The first-order chi connectivity index (χ1) is 10.6. The number of nitrogens with zero attached hydrogens (tertiary/aromatic N) is 2. The van der Waals surface area contributed by atoms with Gasteiger partial charge in [0, 0.05) is 19.3 Å². The summed E-state index contributed by atoms with van der Waals surface area (Å²) in [4.78, 5) is 30.1. The third-order valence-electron chi connectivity index (χ3n) is 3.87. The average molecular weight is 305 g/mol. The molecule has 2 rings (SSSR count). The Balaban J connectivity index is 2.16. The molecule has 1 amide bonds. The first kappa shape index (κ1) is 16.3. The lowest BCUT2D eigenvalue weighted by Gasteiger charge is -2.29. The number of anilines is 1. The van der Waals surface area contributed by atoms with E-state index in [9.17, 15) is 14.7 Å². The highest BCUT2D eigenvalue weighted by Crippen LogP contribution is 2.21. The second kappa shape index (κ2) is 7.77. The van der Waals surface area contributed by atoms with Crippen LogP contribution in [0.4, 0.5) is 5.82 Å². The van der Waals surface area contributed by atoms with Crippen molar-refractivity contribution in [2.45, 2.75) is 45.1 Å². The number of pyridine rings is 1. The molecule has 0 saturated carbocycles. The fourth-order valence-electron chi connectivity index (χ4n) is 2.71. The molecular formula is C16H23N3O3. The number of aromatic nitrogens is 1. The Morgan fingerprint density at radius 3 is 2.73 bits per heavy atom. The van der Waals surface area contributed by atoms with Gasteiger partial charge in [0.2, 0.25) is 0 Å². The number of nitrogens with one attached hydrogen (secondary N) is 1. The fraction of sp³-hybridized carbons (Fsp3) is 0.562. The van der Waals surface area contributed by atoms with E-state index in [0.29, 0.717) is 24.2 Å². The van der Waals surface area contributed by atoms with Crippen LogP contribution in [0.25, 0.3) is 0 Å². The summed E-state index contributed by atoms with van der Waals surface area (Å²) in [7, 11) is 0. The standard InChI is InChI=1S/C16H23N3O3/c1-2-7-13(16(21)22)18-15(20)12-8-6-9-17-14(12)19-10-4-3-5-11-19/h6,8-9,13H,2-5,7,10-11H2,1H3,(H,18,20)(H,21,22). The van der Waals surface area contributed by atoms with E-state index in [4.69, 9.17) is 0 Å². The molecule has 1 aromatic heterocycles. The van der Waals surface area contributed by atoms with Crippen molar-refractivity contribution in [1.82, 2.24) is 10.3 Å². The van der Waals surface area contributed by atoms with E-state index < -0.39 is 12.0 Å². The van der Waals surface area contributed by atoms with Gasteiger partial charge in [-0.3, -0.25) is 4.79 Å². The van der Waals surface area contributed by atoms with Crippen LogP contribution in [-0.4, -0.2) is 41.1 Å². The summed E-state index contributed by atoms with van der Waals surface area (Å²) in [5.41, 5.74) is 0.451. The van der Waals surface area contributed by atoms with Crippen molar-refractivity contribution in [2.24, 2.45) is 0 Å². The van der Waals surface area contributed by atoms with Crippen LogP contribution in [0, 0.1) is 0 Å². The Kier molecular flexibility index (Phi) is 5.75. The Morgan fingerprint density at radius 2 is 2.09 bits per heavy atom. The lowest BCUT2D eigenvalue weighted by molar-refractivity contribution is -0.139. The van der Waals surface area contributed by atoms with Gasteiger partial charge in [0.05, 0.1) is 5.56 Å². The Bertz CT molecular complexity index is 527. The van der Waals surface area contributed by atoms with Crippen LogP contribution in [0.2, 0.25) is 0 Å². The quantitative estimate of drug-likeness (QED) is 0.840. The second-order valence-electron chi connectivity index (χ2n) is 5.58. The summed E-state index contributed by atoms with van der Waals surface area (Å²) in [6.07, 6.45) is 6.16. The highest BCUT2D eigenvalue weighted by molar-refractivity contribution is 6.00. The molecule has 0 aromatic carbocycles. The SMILES string of the molecule is CCCC(NC(=O)c1cccnc1N1CCCCC1)C(=O)O. The average Bonchev–Trinajstić information content (AvgIpc) is 2.55. The minimum Gasteiger partial charge on any atom is -0.480 e. The molecule has 1 fully saturated rings. The van der Waals surface area contributed by atoms with E-state index in [-0.39, 0.29) is 5.91 Å². The number of carbonyl (C=O) groups is 2. The minimum atomic E-state index is -1.00. The summed E-state index contributed by atoms with van der Waals surface area (Å²) >= 11 is 0. The summed E-state index contributed by atoms with van der Waals surface area (Å²) in [6, 6.07) is 2.56. The number of hydrogen-bond acceptors (Lipinski definition) is 4. The maximum absolute atomic E-state index is 12.5. The molecular weight excluding hydrogens is 282 g/mol. The number of hydrogen-bond donors (Lipinski definition) is 2. The third kappa shape index (κ3) is 3.96. The highest BCUT2D eigenvalue weighted by atomic mass is 16.4. The molecule has 2 N–H and O–H groups in total. The van der Waals surface area contributed by atoms with Gasteiger partial charge >= 0.3 is 5.97 Å². The minimum absolute atomic E-state index is 0.366. The van der Waals surface area contributed by atoms with Crippen molar-refractivity contribution < 1.29 is 14.7 Å². The highest BCUT2D eigenvalue weighted by Gasteiger charge is 2.24. The molecule has 1 aromatic rings. The lowest BCUT2D eigenvalue weighted by Crippen LogP contribution is -2.41. The van der Waals surface area contributed by atoms with Gasteiger partial charge in [0.25, 0.3) is 5.91 Å². The smallest absolute Gasteiger partial charge is 0.326 e. The fourth-order valence-corrected chi connectivity index (χ4v) is 2.71. The number of aliphatic carboxylic acids is 1. The number of carbonyl (C=O) groups excluding carboxylic acids is 1. The molecule has 1 unspecified atom stereocenters. The van der Waals surface area contributed by atoms with E-state index in [1.54, 1.807) is 18.3 Å². The summed E-state index contributed by atoms with van der Waals surface area (Å²) in [5.74, 6) is -0.714. The van der Waals surface area contributed by atoms with Gasteiger partial charge in [0.1, 0.15) is 11.9 Å². The second-order valence-corrected chi connectivity index (χ2v) is 5.58. The Morgan fingerprint density at radius 1 is 1.36 bits per heavy atom. The summed E-state index contributed by atoms with van der Waals surface area (Å²) in [5, 5.41) is 11.8. The topological polar surface area (TPSA) is 82.5 Å². The van der Waals surface area contributed by atoms with E-state index in [0.717, 1.165) is 25.9 Å². The van der Waals surface area contributed by atoms with Crippen LogP contribution in [-0.2, 0) is 4.79 Å². The van der Waals surface area contributed by atoms with Gasteiger partial charge in [-0.15, -0.1) is 0 Å². The number of piperidine rings is 1. The number of carboxylic acids is 1. The van der Waals surface area contributed by atoms with Crippen molar-refractivity contribution in [1.29, 1.82) is 0 Å². The monoisotopic (exact) mass is 305 g/mol. The Labute approximate surface area is 130 Å². The first-order valence-corrected chi connectivity index (χ1v) is 7.87.